The Bertz CT molecular complexity index is 968. The Kier molecular flexibility index (Phi) is 7.12. The average Bonchev–Trinajstić information content (AvgIpc) is 3.15. The first-order valence-corrected chi connectivity index (χ1v) is 10.3. The molecule has 0 atom stereocenters. The maximum absolute atomic E-state index is 12.2. The number of thioether (sulfide) groups is 1. The third-order valence-corrected chi connectivity index (χ3v) is 5.29. The van der Waals surface area contributed by atoms with Crippen LogP contribution in [-0.4, -0.2) is 52.8 Å². The summed E-state index contributed by atoms with van der Waals surface area (Å²) in [6, 6.07) is 7.17. The zero-order valence-electron chi connectivity index (χ0n) is 16.8. The second-order valence-electron chi connectivity index (χ2n) is 6.21. The number of amides is 2. The molecule has 1 aliphatic heterocycles. The second kappa shape index (κ2) is 9.97. The standard InChI is InChI=1S/C20H23N5O4S/c1-4-10-25-17(13-6-8-14(28-3)9-7-13)23-24-20(25)30-12-16-15(18(26)29-5-2)11-21-19(27)22-16/h4,6-9H,1,5,10-12H2,2-3H3,(H2,21,22,27). The van der Waals surface area contributed by atoms with Gasteiger partial charge in [0.15, 0.2) is 11.0 Å². The Morgan fingerprint density at radius 1 is 1.33 bits per heavy atom. The molecule has 1 aromatic heterocycles. The van der Waals surface area contributed by atoms with E-state index >= 15 is 0 Å². The van der Waals surface area contributed by atoms with Crippen molar-refractivity contribution >= 4 is 23.8 Å². The minimum absolute atomic E-state index is 0.122. The van der Waals surface area contributed by atoms with Gasteiger partial charge >= 0.3 is 12.0 Å². The van der Waals surface area contributed by atoms with Crippen LogP contribution in [0.25, 0.3) is 11.4 Å². The SMILES string of the molecule is C=CCn1c(SCC2=C(C(=O)OCC)CNC(=O)N2)nnc1-c1ccc(OC)cc1. The summed E-state index contributed by atoms with van der Waals surface area (Å²) in [5.74, 6) is 1.32. The first-order valence-electron chi connectivity index (χ1n) is 9.32. The monoisotopic (exact) mass is 429 g/mol. The number of ether oxygens (including phenoxy) is 2. The lowest BCUT2D eigenvalue weighted by atomic mass is 10.2. The molecule has 0 bridgehead atoms. The molecule has 0 fully saturated rings. The molecule has 0 unspecified atom stereocenters. The number of allylic oxidation sites excluding steroid dienone is 1. The van der Waals surface area contributed by atoms with E-state index in [-0.39, 0.29) is 19.2 Å². The molecule has 9 nitrogen and oxygen atoms in total. The Balaban J connectivity index is 1.85. The van der Waals surface area contributed by atoms with Crippen LogP contribution >= 0.6 is 11.8 Å². The van der Waals surface area contributed by atoms with Crippen LogP contribution in [0.4, 0.5) is 4.79 Å². The predicted octanol–water partition coefficient (Wildman–Crippen LogP) is 2.36. The fourth-order valence-corrected chi connectivity index (χ4v) is 3.78. The molecule has 0 radical (unpaired) electrons. The first kappa shape index (κ1) is 21.4. The van der Waals surface area contributed by atoms with Crippen molar-refractivity contribution in [3.05, 3.63) is 48.2 Å². The number of carbonyl (C=O) groups is 2. The van der Waals surface area contributed by atoms with Gasteiger partial charge in [0.05, 0.1) is 25.8 Å². The van der Waals surface area contributed by atoms with Crippen molar-refractivity contribution in [1.29, 1.82) is 0 Å². The molecule has 30 heavy (non-hydrogen) atoms. The molecule has 158 valence electrons. The van der Waals surface area contributed by atoms with Gasteiger partial charge < -0.3 is 20.1 Å². The third kappa shape index (κ3) is 4.82. The van der Waals surface area contributed by atoms with E-state index in [1.165, 1.54) is 11.8 Å². The highest BCUT2D eigenvalue weighted by atomic mass is 32.2. The van der Waals surface area contributed by atoms with E-state index in [1.54, 1.807) is 20.1 Å². The van der Waals surface area contributed by atoms with E-state index < -0.39 is 5.97 Å². The minimum atomic E-state index is -0.452. The van der Waals surface area contributed by atoms with Crippen molar-refractivity contribution in [3.63, 3.8) is 0 Å². The van der Waals surface area contributed by atoms with Crippen LogP contribution in [-0.2, 0) is 16.1 Å². The van der Waals surface area contributed by atoms with Gasteiger partial charge in [-0.25, -0.2) is 9.59 Å². The van der Waals surface area contributed by atoms with Gasteiger partial charge in [-0.2, -0.15) is 0 Å². The quantitative estimate of drug-likeness (QED) is 0.358. The number of hydrogen-bond acceptors (Lipinski definition) is 7. The van der Waals surface area contributed by atoms with Crippen LogP contribution in [0, 0.1) is 0 Å². The van der Waals surface area contributed by atoms with Gasteiger partial charge in [-0.3, -0.25) is 4.57 Å². The number of hydrogen-bond donors (Lipinski definition) is 2. The third-order valence-electron chi connectivity index (χ3n) is 4.30. The van der Waals surface area contributed by atoms with Gasteiger partial charge in [0.25, 0.3) is 0 Å². The van der Waals surface area contributed by atoms with Crippen LogP contribution in [0.15, 0.2) is 53.3 Å². The highest BCUT2D eigenvalue weighted by Crippen LogP contribution is 2.27. The van der Waals surface area contributed by atoms with Crippen LogP contribution in [0.3, 0.4) is 0 Å². The maximum atomic E-state index is 12.2. The molecule has 3 rings (SSSR count). The van der Waals surface area contributed by atoms with E-state index in [9.17, 15) is 9.59 Å². The van der Waals surface area contributed by atoms with Crippen LogP contribution in [0.5, 0.6) is 5.75 Å². The fraction of sp³-hybridized carbons (Fsp3) is 0.300. The van der Waals surface area contributed by atoms with Crippen molar-refractivity contribution in [1.82, 2.24) is 25.4 Å². The minimum Gasteiger partial charge on any atom is -0.497 e. The van der Waals surface area contributed by atoms with Crippen molar-refractivity contribution < 1.29 is 19.1 Å². The van der Waals surface area contributed by atoms with Gasteiger partial charge in [0.1, 0.15) is 5.75 Å². The number of nitrogens with one attached hydrogen (secondary N) is 2. The molecule has 2 heterocycles. The van der Waals surface area contributed by atoms with E-state index in [2.05, 4.69) is 27.4 Å². The smallest absolute Gasteiger partial charge is 0.337 e. The molecular weight excluding hydrogens is 406 g/mol. The number of rotatable bonds is 9. The number of urea groups is 1. The molecule has 0 saturated carbocycles. The summed E-state index contributed by atoms with van der Waals surface area (Å²) < 4.78 is 12.2. The molecule has 0 aliphatic carbocycles. The zero-order valence-corrected chi connectivity index (χ0v) is 17.6. The largest absolute Gasteiger partial charge is 0.497 e. The highest BCUT2D eigenvalue weighted by Gasteiger charge is 2.24. The summed E-state index contributed by atoms with van der Waals surface area (Å²) in [6.45, 7) is 6.44. The Morgan fingerprint density at radius 2 is 2.10 bits per heavy atom. The van der Waals surface area contributed by atoms with Crippen molar-refractivity contribution in [3.8, 4) is 17.1 Å². The Morgan fingerprint density at radius 3 is 2.77 bits per heavy atom. The number of esters is 1. The van der Waals surface area contributed by atoms with Crippen LogP contribution in [0.1, 0.15) is 6.92 Å². The summed E-state index contributed by atoms with van der Waals surface area (Å²) >= 11 is 1.37. The zero-order chi connectivity index (χ0) is 21.5. The average molecular weight is 430 g/mol. The number of carbonyl (C=O) groups excluding carboxylic acids is 2. The molecule has 0 spiro atoms. The van der Waals surface area contributed by atoms with Crippen molar-refractivity contribution in [2.24, 2.45) is 0 Å². The molecule has 1 aromatic carbocycles. The first-order chi connectivity index (χ1) is 14.6. The Labute approximate surface area is 178 Å². The second-order valence-corrected chi connectivity index (χ2v) is 7.15. The Hall–Kier alpha value is -3.27. The van der Waals surface area contributed by atoms with Gasteiger partial charge in [0.2, 0.25) is 0 Å². The number of benzene rings is 1. The number of aromatic nitrogens is 3. The number of nitrogens with zero attached hydrogens (tertiary/aromatic N) is 3. The number of methoxy groups -OCH3 is 1. The molecule has 10 heteroatoms. The molecule has 2 amide bonds. The molecular formula is C20H23N5O4S. The van der Waals surface area contributed by atoms with Gasteiger partial charge in [0, 0.05) is 23.6 Å². The molecule has 1 aliphatic rings. The lowest BCUT2D eigenvalue weighted by Crippen LogP contribution is -2.44. The highest BCUT2D eigenvalue weighted by molar-refractivity contribution is 7.99. The van der Waals surface area contributed by atoms with Crippen molar-refractivity contribution in [2.75, 3.05) is 26.0 Å². The normalized spacial score (nSPS) is 13.5. The molecule has 2 aromatic rings. The van der Waals surface area contributed by atoms with E-state index in [4.69, 9.17) is 9.47 Å². The van der Waals surface area contributed by atoms with Gasteiger partial charge in [-0.1, -0.05) is 17.8 Å². The molecule has 2 N–H and O–H groups in total. The summed E-state index contributed by atoms with van der Waals surface area (Å²) in [6.07, 6.45) is 1.76. The van der Waals surface area contributed by atoms with Gasteiger partial charge in [-0.05, 0) is 31.2 Å². The summed E-state index contributed by atoms with van der Waals surface area (Å²) in [5, 5.41) is 14.5. The van der Waals surface area contributed by atoms with Crippen LogP contribution < -0.4 is 15.4 Å². The summed E-state index contributed by atoms with van der Waals surface area (Å²) in [7, 11) is 1.61. The van der Waals surface area contributed by atoms with E-state index in [0.29, 0.717) is 34.5 Å². The lowest BCUT2D eigenvalue weighted by Gasteiger charge is -2.21. The fourth-order valence-electron chi connectivity index (χ4n) is 2.85. The van der Waals surface area contributed by atoms with Crippen molar-refractivity contribution in [2.45, 2.75) is 18.6 Å². The molecule has 0 saturated heterocycles. The van der Waals surface area contributed by atoms with Crippen LogP contribution in [0.2, 0.25) is 0 Å². The predicted molar refractivity (Wildman–Crippen MR) is 113 cm³/mol. The lowest BCUT2D eigenvalue weighted by molar-refractivity contribution is -0.138. The summed E-state index contributed by atoms with van der Waals surface area (Å²) in [5.41, 5.74) is 1.79. The maximum Gasteiger partial charge on any atom is 0.337 e. The van der Waals surface area contributed by atoms with E-state index in [1.807, 2.05) is 28.8 Å². The van der Waals surface area contributed by atoms with Gasteiger partial charge in [-0.15, -0.1) is 16.8 Å². The summed E-state index contributed by atoms with van der Waals surface area (Å²) in [4.78, 5) is 23.9. The van der Waals surface area contributed by atoms with E-state index in [0.717, 1.165) is 11.3 Å². The topological polar surface area (TPSA) is 107 Å².